The standard InChI is InChI=1S/C25H26N4O4S/c1-14(30)26-15-8-10-16(11-9-15)29-22(31)20-18(12-13-34-3)27-25(21(20)23(29)32)17-6-4-5-7-19(17)28(2)24(25)33/h4-11,18,20-21,27H,12-13H2,1-3H3,(H,26,30)/t18-,20-,21-,25-/m0/s1. The average Bonchev–Trinajstić information content (AvgIpc) is 3.38. The summed E-state index contributed by atoms with van der Waals surface area (Å²) in [6, 6.07) is 13.8. The first-order chi connectivity index (χ1) is 16.3. The molecule has 3 aliphatic rings. The zero-order chi connectivity index (χ0) is 24.2. The molecule has 176 valence electrons. The maximum absolute atomic E-state index is 13.9. The number of para-hydroxylation sites is 1. The number of likely N-dealkylation sites (N-methyl/N-ethyl adjacent to an activating group) is 1. The molecule has 5 rings (SSSR count). The number of imide groups is 1. The SMILES string of the molecule is CSCC[C@@H]1N[C@]2(C(=O)N(C)c3ccccc32)[C@@H]2C(=O)N(c3ccc(NC(C)=O)cc3)C(=O)[C@@H]12. The lowest BCUT2D eigenvalue weighted by Crippen LogP contribution is -2.54. The van der Waals surface area contributed by atoms with E-state index in [0.29, 0.717) is 17.8 Å². The van der Waals surface area contributed by atoms with Gasteiger partial charge in [-0.1, -0.05) is 18.2 Å². The fourth-order valence-corrected chi connectivity index (χ4v) is 6.19. The number of hydrogen-bond donors (Lipinski definition) is 2. The molecule has 2 aromatic carbocycles. The van der Waals surface area contributed by atoms with Gasteiger partial charge in [-0.25, -0.2) is 4.90 Å². The summed E-state index contributed by atoms with van der Waals surface area (Å²) in [5, 5.41) is 6.17. The normalized spacial score (nSPS) is 27.5. The fraction of sp³-hybridized carbons (Fsp3) is 0.360. The Hall–Kier alpha value is -3.17. The van der Waals surface area contributed by atoms with E-state index < -0.39 is 17.4 Å². The molecular weight excluding hydrogens is 452 g/mol. The summed E-state index contributed by atoms with van der Waals surface area (Å²) in [6.07, 6.45) is 2.66. The summed E-state index contributed by atoms with van der Waals surface area (Å²) in [6.45, 7) is 1.41. The Bertz CT molecular complexity index is 1200. The summed E-state index contributed by atoms with van der Waals surface area (Å²) in [4.78, 5) is 55.5. The zero-order valence-electron chi connectivity index (χ0n) is 19.2. The number of fused-ring (bicyclic) bond motifs is 4. The van der Waals surface area contributed by atoms with Crippen molar-refractivity contribution in [2.24, 2.45) is 11.8 Å². The second-order valence-electron chi connectivity index (χ2n) is 8.97. The molecule has 34 heavy (non-hydrogen) atoms. The number of hydrogen-bond acceptors (Lipinski definition) is 6. The Morgan fingerprint density at radius 2 is 1.79 bits per heavy atom. The van der Waals surface area contributed by atoms with Gasteiger partial charge >= 0.3 is 0 Å². The van der Waals surface area contributed by atoms with Gasteiger partial charge in [-0.2, -0.15) is 11.8 Å². The van der Waals surface area contributed by atoms with E-state index in [2.05, 4.69) is 10.6 Å². The van der Waals surface area contributed by atoms with E-state index in [-0.39, 0.29) is 29.7 Å². The van der Waals surface area contributed by atoms with Crippen LogP contribution in [0.2, 0.25) is 0 Å². The highest BCUT2D eigenvalue weighted by atomic mass is 32.2. The van der Waals surface area contributed by atoms with E-state index in [1.54, 1.807) is 48.0 Å². The Kier molecular flexibility index (Phi) is 5.49. The van der Waals surface area contributed by atoms with Gasteiger partial charge in [0.1, 0.15) is 5.54 Å². The number of anilines is 3. The van der Waals surface area contributed by atoms with Crippen molar-refractivity contribution in [3.63, 3.8) is 0 Å². The summed E-state index contributed by atoms with van der Waals surface area (Å²) >= 11 is 1.67. The molecule has 4 amide bonds. The van der Waals surface area contributed by atoms with Gasteiger partial charge in [0.15, 0.2) is 0 Å². The Balaban J connectivity index is 1.59. The minimum absolute atomic E-state index is 0.206. The van der Waals surface area contributed by atoms with E-state index in [9.17, 15) is 19.2 Å². The van der Waals surface area contributed by atoms with Gasteiger partial charge in [0, 0.05) is 37.0 Å². The molecular formula is C25H26N4O4S. The highest BCUT2D eigenvalue weighted by Gasteiger charge is 2.71. The van der Waals surface area contributed by atoms with E-state index in [1.807, 2.05) is 30.5 Å². The molecule has 3 aliphatic heterocycles. The van der Waals surface area contributed by atoms with Crippen LogP contribution in [0.5, 0.6) is 0 Å². The molecule has 0 unspecified atom stereocenters. The summed E-state index contributed by atoms with van der Waals surface area (Å²) < 4.78 is 0. The van der Waals surface area contributed by atoms with Gasteiger partial charge in [-0.15, -0.1) is 0 Å². The molecule has 0 bridgehead atoms. The predicted octanol–water partition coefficient (Wildman–Crippen LogP) is 2.35. The van der Waals surface area contributed by atoms with Crippen LogP contribution in [0.25, 0.3) is 0 Å². The third kappa shape index (κ3) is 3.10. The number of benzene rings is 2. The second kappa shape index (κ2) is 8.25. The Morgan fingerprint density at radius 3 is 2.47 bits per heavy atom. The monoisotopic (exact) mass is 478 g/mol. The predicted molar refractivity (Wildman–Crippen MR) is 132 cm³/mol. The van der Waals surface area contributed by atoms with Crippen LogP contribution in [0.1, 0.15) is 18.9 Å². The van der Waals surface area contributed by atoms with Crippen molar-refractivity contribution in [1.82, 2.24) is 5.32 Å². The van der Waals surface area contributed by atoms with E-state index >= 15 is 0 Å². The number of carbonyl (C=O) groups is 4. The molecule has 3 heterocycles. The first-order valence-corrected chi connectivity index (χ1v) is 12.6. The number of nitrogens with one attached hydrogen (secondary N) is 2. The van der Waals surface area contributed by atoms with Gasteiger partial charge in [-0.05, 0) is 48.8 Å². The summed E-state index contributed by atoms with van der Waals surface area (Å²) in [7, 11) is 1.71. The molecule has 2 saturated heterocycles. The molecule has 4 atom stereocenters. The van der Waals surface area contributed by atoms with Crippen LogP contribution in [0.15, 0.2) is 48.5 Å². The van der Waals surface area contributed by atoms with Gasteiger partial charge < -0.3 is 10.2 Å². The maximum atomic E-state index is 13.9. The van der Waals surface area contributed by atoms with Crippen molar-refractivity contribution < 1.29 is 19.2 Å². The minimum atomic E-state index is -1.27. The molecule has 0 saturated carbocycles. The first kappa shape index (κ1) is 22.6. The Labute approximate surface area is 202 Å². The van der Waals surface area contributed by atoms with Gasteiger partial charge in [0.05, 0.1) is 17.5 Å². The minimum Gasteiger partial charge on any atom is -0.326 e. The largest absolute Gasteiger partial charge is 0.326 e. The van der Waals surface area contributed by atoms with Crippen molar-refractivity contribution in [2.45, 2.75) is 24.9 Å². The lowest BCUT2D eigenvalue weighted by molar-refractivity contribution is -0.131. The van der Waals surface area contributed by atoms with Crippen molar-refractivity contribution in [1.29, 1.82) is 0 Å². The molecule has 0 aliphatic carbocycles. The van der Waals surface area contributed by atoms with Crippen molar-refractivity contribution in [3.05, 3.63) is 54.1 Å². The number of thioether (sulfide) groups is 1. The van der Waals surface area contributed by atoms with Crippen molar-refractivity contribution >= 4 is 52.5 Å². The average molecular weight is 479 g/mol. The number of carbonyl (C=O) groups excluding carboxylic acids is 4. The topological polar surface area (TPSA) is 98.8 Å². The van der Waals surface area contributed by atoms with Gasteiger partial charge in [-0.3, -0.25) is 24.5 Å². The quantitative estimate of drug-likeness (QED) is 0.640. The molecule has 1 spiro atoms. The second-order valence-corrected chi connectivity index (χ2v) is 9.95. The number of rotatable bonds is 5. The lowest BCUT2D eigenvalue weighted by Gasteiger charge is -2.30. The van der Waals surface area contributed by atoms with Crippen LogP contribution < -0.4 is 20.4 Å². The highest BCUT2D eigenvalue weighted by Crippen LogP contribution is 2.55. The molecule has 0 aromatic heterocycles. The molecule has 2 N–H and O–H groups in total. The van der Waals surface area contributed by atoms with E-state index in [4.69, 9.17) is 0 Å². The third-order valence-corrected chi connectivity index (χ3v) is 7.72. The van der Waals surface area contributed by atoms with Crippen LogP contribution in [0.4, 0.5) is 17.1 Å². The van der Waals surface area contributed by atoms with E-state index in [0.717, 1.165) is 17.0 Å². The van der Waals surface area contributed by atoms with Crippen LogP contribution in [0.3, 0.4) is 0 Å². The molecule has 8 nitrogen and oxygen atoms in total. The zero-order valence-corrected chi connectivity index (χ0v) is 20.0. The van der Waals surface area contributed by atoms with Crippen molar-refractivity contribution in [2.75, 3.05) is 34.2 Å². The van der Waals surface area contributed by atoms with Crippen LogP contribution in [0, 0.1) is 11.8 Å². The fourth-order valence-electron chi connectivity index (χ4n) is 5.70. The molecule has 2 aromatic rings. The molecule has 0 radical (unpaired) electrons. The molecule has 9 heteroatoms. The van der Waals surface area contributed by atoms with Crippen LogP contribution in [-0.2, 0) is 24.7 Å². The maximum Gasteiger partial charge on any atom is 0.252 e. The smallest absolute Gasteiger partial charge is 0.252 e. The third-order valence-electron chi connectivity index (χ3n) is 7.08. The summed E-state index contributed by atoms with van der Waals surface area (Å²) in [5.74, 6) is -1.76. The highest BCUT2D eigenvalue weighted by molar-refractivity contribution is 7.98. The van der Waals surface area contributed by atoms with E-state index in [1.165, 1.54) is 11.8 Å². The number of amides is 4. The lowest BCUT2D eigenvalue weighted by atomic mass is 9.76. The van der Waals surface area contributed by atoms with Gasteiger partial charge in [0.25, 0.3) is 5.91 Å². The molecule has 2 fully saturated rings. The van der Waals surface area contributed by atoms with Crippen LogP contribution >= 0.6 is 11.8 Å². The van der Waals surface area contributed by atoms with Crippen molar-refractivity contribution in [3.8, 4) is 0 Å². The Morgan fingerprint density at radius 1 is 1.09 bits per heavy atom. The summed E-state index contributed by atoms with van der Waals surface area (Å²) in [5.41, 5.74) is 1.24. The van der Waals surface area contributed by atoms with Gasteiger partial charge in [0.2, 0.25) is 17.7 Å². The van der Waals surface area contributed by atoms with Crippen LogP contribution in [-0.4, -0.2) is 48.7 Å². The first-order valence-electron chi connectivity index (χ1n) is 11.2. The number of nitrogens with zero attached hydrogens (tertiary/aromatic N) is 2.